The van der Waals surface area contributed by atoms with E-state index < -0.39 is 5.97 Å². The minimum absolute atomic E-state index is 0.0639. The Morgan fingerprint density at radius 3 is 2.35 bits per heavy atom. The summed E-state index contributed by atoms with van der Waals surface area (Å²) in [5, 5.41) is 8.88. The Hall–Kier alpha value is -2.89. The molecule has 1 N–H and O–H groups in total. The van der Waals surface area contributed by atoms with Gasteiger partial charge in [-0.15, -0.1) is 0 Å². The van der Waals surface area contributed by atoms with Crippen molar-refractivity contribution in [2.24, 2.45) is 5.92 Å². The summed E-state index contributed by atoms with van der Waals surface area (Å²) in [5.41, 5.74) is 1.53. The molecule has 1 amide bonds. The number of ether oxygens (including phenoxy) is 1. The average Bonchev–Trinajstić information content (AvgIpc) is 2.64. The highest BCUT2D eigenvalue weighted by Crippen LogP contribution is 2.16. The predicted molar refractivity (Wildman–Crippen MR) is 98.0 cm³/mol. The van der Waals surface area contributed by atoms with Crippen LogP contribution in [0.5, 0.6) is 5.75 Å². The molecule has 26 heavy (non-hydrogen) atoms. The minimum Gasteiger partial charge on any atom is -0.489 e. The zero-order valence-corrected chi connectivity index (χ0v) is 15.1. The van der Waals surface area contributed by atoms with Gasteiger partial charge in [0.25, 0.3) is 5.91 Å². The summed E-state index contributed by atoms with van der Waals surface area (Å²) in [5.74, 6) is -0.151. The van der Waals surface area contributed by atoms with Crippen LogP contribution in [-0.2, 0) is 11.4 Å². The lowest BCUT2D eigenvalue weighted by Gasteiger charge is -2.24. The van der Waals surface area contributed by atoms with Crippen molar-refractivity contribution in [3.63, 3.8) is 0 Å². The lowest BCUT2D eigenvalue weighted by Crippen LogP contribution is -2.35. The number of carboxylic acids is 1. The van der Waals surface area contributed by atoms with Crippen molar-refractivity contribution in [2.45, 2.75) is 26.9 Å². The maximum Gasteiger partial charge on any atom is 0.305 e. The fourth-order valence-corrected chi connectivity index (χ4v) is 2.47. The number of nitrogens with zero attached hydrogens (tertiary/aromatic N) is 2. The van der Waals surface area contributed by atoms with Gasteiger partial charge in [-0.05, 0) is 47.9 Å². The number of hydrogen-bond donors (Lipinski definition) is 1. The largest absolute Gasteiger partial charge is 0.489 e. The van der Waals surface area contributed by atoms with E-state index in [-0.39, 0.29) is 24.8 Å². The molecule has 0 atom stereocenters. The van der Waals surface area contributed by atoms with E-state index in [9.17, 15) is 9.59 Å². The van der Waals surface area contributed by atoms with Crippen LogP contribution in [0.15, 0.2) is 48.8 Å². The van der Waals surface area contributed by atoms with E-state index in [1.54, 1.807) is 41.6 Å². The van der Waals surface area contributed by atoms with E-state index >= 15 is 0 Å². The zero-order chi connectivity index (χ0) is 18.9. The van der Waals surface area contributed by atoms with E-state index in [1.165, 1.54) is 0 Å². The summed E-state index contributed by atoms with van der Waals surface area (Å²) >= 11 is 0. The van der Waals surface area contributed by atoms with Gasteiger partial charge in [0.2, 0.25) is 0 Å². The van der Waals surface area contributed by atoms with Crippen molar-refractivity contribution in [3.8, 4) is 5.75 Å². The molecule has 0 bridgehead atoms. The van der Waals surface area contributed by atoms with Crippen LogP contribution in [0.3, 0.4) is 0 Å². The summed E-state index contributed by atoms with van der Waals surface area (Å²) < 4.78 is 5.70. The van der Waals surface area contributed by atoms with E-state index in [2.05, 4.69) is 4.98 Å². The SMILES string of the molecule is CC(C)CN(CCC(=O)O)C(=O)c1ccc(OCc2ccncc2)cc1. The van der Waals surface area contributed by atoms with Crippen molar-refractivity contribution in [2.75, 3.05) is 13.1 Å². The van der Waals surface area contributed by atoms with E-state index in [0.29, 0.717) is 24.5 Å². The van der Waals surface area contributed by atoms with Crippen LogP contribution in [0, 0.1) is 5.92 Å². The van der Waals surface area contributed by atoms with Gasteiger partial charge in [0.05, 0.1) is 6.42 Å². The van der Waals surface area contributed by atoms with Crippen molar-refractivity contribution in [1.29, 1.82) is 0 Å². The molecule has 1 heterocycles. The van der Waals surface area contributed by atoms with Gasteiger partial charge in [0.15, 0.2) is 0 Å². The summed E-state index contributed by atoms with van der Waals surface area (Å²) in [7, 11) is 0. The maximum atomic E-state index is 12.7. The highest BCUT2D eigenvalue weighted by molar-refractivity contribution is 5.94. The summed E-state index contributed by atoms with van der Waals surface area (Å²) in [4.78, 5) is 29.0. The molecule has 138 valence electrons. The van der Waals surface area contributed by atoms with Gasteiger partial charge in [0, 0.05) is 31.0 Å². The van der Waals surface area contributed by atoms with Gasteiger partial charge in [0.1, 0.15) is 12.4 Å². The third-order valence-electron chi connectivity index (χ3n) is 3.72. The van der Waals surface area contributed by atoms with Crippen LogP contribution in [-0.4, -0.2) is 40.0 Å². The van der Waals surface area contributed by atoms with Crippen LogP contribution in [0.4, 0.5) is 0 Å². The second-order valence-corrected chi connectivity index (χ2v) is 6.46. The molecule has 0 saturated carbocycles. The Balaban J connectivity index is 1.99. The van der Waals surface area contributed by atoms with E-state index in [1.807, 2.05) is 26.0 Å². The molecule has 2 aromatic rings. The molecule has 0 unspecified atom stereocenters. The third-order valence-corrected chi connectivity index (χ3v) is 3.72. The molecule has 6 heteroatoms. The molecule has 6 nitrogen and oxygen atoms in total. The molecule has 0 spiro atoms. The Labute approximate surface area is 153 Å². The Morgan fingerprint density at radius 1 is 1.12 bits per heavy atom. The lowest BCUT2D eigenvalue weighted by atomic mass is 10.1. The average molecular weight is 356 g/mol. The number of carbonyl (C=O) groups is 2. The van der Waals surface area contributed by atoms with Crippen LogP contribution in [0.25, 0.3) is 0 Å². The molecule has 1 aromatic heterocycles. The highest BCUT2D eigenvalue weighted by Gasteiger charge is 2.18. The Bertz CT molecular complexity index is 714. The first-order chi connectivity index (χ1) is 12.5. The first kappa shape index (κ1) is 19.4. The monoisotopic (exact) mass is 356 g/mol. The maximum absolute atomic E-state index is 12.7. The normalized spacial score (nSPS) is 10.6. The smallest absolute Gasteiger partial charge is 0.305 e. The van der Waals surface area contributed by atoms with Crippen molar-refractivity contribution in [1.82, 2.24) is 9.88 Å². The molecule has 0 aliphatic heterocycles. The number of aliphatic carboxylic acids is 1. The predicted octanol–water partition coefficient (Wildman–Crippen LogP) is 3.23. The van der Waals surface area contributed by atoms with Crippen LogP contribution in [0.1, 0.15) is 36.2 Å². The van der Waals surface area contributed by atoms with Crippen molar-refractivity contribution < 1.29 is 19.4 Å². The lowest BCUT2D eigenvalue weighted by molar-refractivity contribution is -0.137. The fraction of sp³-hybridized carbons (Fsp3) is 0.350. The molecule has 0 aliphatic rings. The number of rotatable bonds is 9. The number of aromatic nitrogens is 1. The first-order valence-corrected chi connectivity index (χ1v) is 8.58. The van der Waals surface area contributed by atoms with E-state index in [4.69, 9.17) is 9.84 Å². The minimum atomic E-state index is -0.911. The third kappa shape index (κ3) is 6.20. The number of hydrogen-bond acceptors (Lipinski definition) is 4. The number of benzene rings is 1. The van der Waals surface area contributed by atoms with Gasteiger partial charge in [-0.2, -0.15) is 0 Å². The zero-order valence-electron chi connectivity index (χ0n) is 15.1. The molecular weight excluding hydrogens is 332 g/mol. The summed E-state index contributed by atoms with van der Waals surface area (Å²) in [6.07, 6.45) is 3.35. The van der Waals surface area contributed by atoms with E-state index in [0.717, 1.165) is 5.56 Å². The van der Waals surface area contributed by atoms with Crippen LogP contribution in [0.2, 0.25) is 0 Å². The standard InChI is InChI=1S/C20H24N2O4/c1-15(2)13-22(12-9-19(23)24)20(25)17-3-5-18(6-4-17)26-14-16-7-10-21-11-8-16/h3-8,10-11,15H,9,12-14H2,1-2H3,(H,23,24). The van der Waals surface area contributed by atoms with Gasteiger partial charge in [-0.25, -0.2) is 0 Å². The quantitative estimate of drug-likeness (QED) is 0.746. The van der Waals surface area contributed by atoms with Gasteiger partial charge < -0.3 is 14.7 Å². The van der Waals surface area contributed by atoms with Gasteiger partial charge >= 0.3 is 5.97 Å². The Morgan fingerprint density at radius 2 is 1.77 bits per heavy atom. The second-order valence-electron chi connectivity index (χ2n) is 6.46. The highest BCUT2D eigenvalue weighted by atomic mass is 16.5. The summed E-state index contributed by atoms with van der Waals surface area (Å²) in [6.45, 7) is 5.14. The molecule has 1 aromatic carbocycles. The van der Waals surface area contributed by atoms with Crippen molar-refractivity contribution >= 4 is 11.9 Å². The second kappa shape index (κ2) is 9.56. The number of carboxylic acid groups (broad SMARTS) is 1. The van der Waals surface area contributed by atoms with Crippen LogP contribution >= 0.6 is 0 Å². The first-order valence-electron chi connectivity index (χ1n) is 8.58. The molecule has 0 saturated heterocycles. The molecule has 0 fully saturated rings. The topological polar surface area (TPSA) is 79.7 Å². The molecule has 0 aliphatic carbocycles. The van der Waals surface area contributed by atoms with Gasteiger partial charge in [-0.1, -0.05) is 13.8 Å². The van der Waals surface area contributed by atoms with Gasteiger partial charge in [-0.3, -0.25) is 14.6 Å². The Kier molecular flexibility index (Phi) is 7.14. The van der Waals surface area contributed by atoms with Crippen molar-refractivity contribution in [3.05, 3.63) is 59.9 Å². The van der Waals surface area contributed by atoms with Crippen LogP contribution < -0.4 is 4.74 Å². The number of pyridine rings is 1. The number of carbonyl (C=O) groups excluding carboxylic acids is 1. The fourth-order valence-electron chi connectivity index (χ4n) is 2.47. The number of amides is 1. The molecule has 2 rings (SSSR count). The summed E-state index contributed by atoms with van der Waals surface area (Å²) in [6, 6.07) is 10.7. The molecule has 0 radical (unpaired) electrons. The molecular formula is C20H24N2O4.